The van der Waals surface area contributed by atoms with Gasteiger partial charge in [-0.25, -0.2) is 4.39 Å². The van der Waals surface area contributed by atoms with E-state index in [9.17, 15) is 14.0 Å². The second-order valence-electron chi connectivity index (χ2n) is 5.44. The second-order valence-corrected chi connectivity index (χ2v) is 5.44. The van der Waals surface area contributed by atoms with E-state index in [1.807, 2.05) is 0 Å². The predicted molar refractivity (Wildman–Crippen MR) is 76.9 cm³/mol. The number of hydrogen-bond donors (Lipinski definition) is 3. The number of nitrogens with two attached hydrogens (primary N) is 1. The third-order valence-electron chi connectivity index (χ3n) is 4.04. The maximum absolute atomic E-state index is 13.8. The van der Waals surface area contributed by atoms with Crippen molar-refractivity contribution in [1.29, 1.82) is 0 Å². The molecule has 0 aliphatic heterocycles. The maximum Gasteiger partial charge on any atom is 0.322 e. The van der Waals surface area contributed by atoms with Crippen molar-refractivity contribution in [2.45, 2.75) is 30.9 Å². The highest BCUT2D eigenvalue weighted by atomic mass is 19.1. The van der Waals surface area contributed by atoms with Gasteiger partial charge in [0.25, 0.3) is 5.91 Å². The highest BCUT2D eigenvalue weighted by Gasteiger charge is 2.39. The van der Waals surface area contributed by atoms with Crippen LogP contribution in [-0.4, -0.2) is 36.7 Å². The van der Waals surface area contributed by atoms with Gasteiger partial charge in [-0.05, 0) is 43.0 Å². The molecule has 0 unspecified atom stereocenters. The van der Waals surface area contributed by atoms with Crippen LogP contribution in [0.5, 0.6) is 0 Å². The summed E-state index contributed by atoms with van der Waals surface area (Å²) >= 11 is 0. The first kappa shape index (κ1) is 16.4. The molecule has 1 atom stereocenters. The first-order valence-electron chi connectivity index (χ1n) is 7.01. The van der Waals surface area contributed by atoms with Gasteiger partial charge in [-0.2, -0.15) is 0 Å². The third kappa shape index (κ3) is 3.26. The van der Waals surface area contributed by atoms with E-state index in [2.05, 4.69) is 5.32 Å². The number of carbonyl (C=O) groups is 2. The number of carbonyl (C=O) groups excluding carboxylic acids is 1. The van der Waals surface area contributed by atoms with Crippen LogP contribution in [0.1, 0.15) is 35.2 Å². The fourth-order valence-electron chi connectivity index (χ4n) is 2.48. The molecule has 0 saturated heterocycles. The van der Waals surface area contributed by atoms with E-state index in [-0.39, 0.29) is 12.1 Å². The fourth-order valence-corrected chi connectivity index (χ4v) is 2.48. The molecule has 22 heavy (non-hydrogen) atoms. The minimum Gasteiger partial charge on any atom is -0.480 e. The Morgan fingerprint density at radius 2 is 2.14 bits per heavy atom. The number of halogens is 1. The quantitative estimate of drug-likeness (QED) is 0.727. The van der Waals surface area contributed by atoms with E-state index >= 15 is 0 Å². The lowest BCUT2D eigenvalue weighted by atomic mass is 9.74. The Kier molecular flexibility index (Phi) is 4.77. The zero-order valence-corrected chi connectivity index (χ0v) is 12.3. The number of nitrogens with one attached hydrogen (secondary N) is 1. The zero-order chi connectivity index (χ0) is 16.3. The largest absolute Gasteiger partial charge is 0.480 e. The molecule has 120 valence electrons. The normalized spacial score (nSPS) is 17.4. The summed E-state index contributed by atoms with van der Waals surface area (Å²) in [7, 11) is 1.57. The minimum absolute atomic E-state index is 0.121. The van der Waals surface area contributed by atoms with Crippen molar-refractivity contribution in [3.8, 4) is 0 Å². The molecule has 1 aliphatic rings. The molecule has 1 amide bonds. The average molecular weight is 310 g/mol. The molecule has 0 radical (unpaired) electrons. The van der Waals surface area contributed by atoms with Crippen molar-refractivity contribution < 1.29 is 23.8 Å². The first-order valence-corrected chi connectivity index (χ1v) is 7.01. The second kappa shape index (κ2) is 6.41. The lowest BCUT2D eigenvalue weighted by Gasteiger charge is -2.41. The molecule has 0 heterocycles. The molecule has 7 heteroatoms. The van der Waals surface area contributed by atoms with Crippen molar-refractivity contribution in [3.05, 3.63) is 35.1 Å². The van der Waals surface area contributed by atoms with E-state index in [4.69, 9.17) is 15.6 Å². The number of rotatable bonds is 6. The van der Waals surface area contributed by atoms with Crippen LogP contribution in [0.15, 0.2) is 18.2 Å². The summed E-state index contributed by atoms with van der Waals surface area (Å²) in [5, 5.41) is 11.1. The van der Waals surface area contributed by atoms with Crippen molar-refractivity contribution in [2.24, 2.45) is 5.73 Å². The van der Waals surface area contributed by atoms with Crippen molar-refractivity contribution in [1.82, 2.24) is 5.32 Å². The van der Waals surface area contributed by atoms with Crippen LogP contribution >= 0.6 is 0 Å². The lowest BCUT2D eigenvalue weighted by Crippen LogP contribution is -2.42. The van der Waals surface area contributed by atoms with Gasteiger partial charge in [-0.3, -0.25) is 9.59 Å². The summed E-state index contributed by atoms with van der Waals surface area (Å²) in [6.07, 6.45) is 2.54. The molecule has 1 aromatic rings. The summed E-state index contributed by atoms with van der Waals surface area (Å²) < 4.78 is 19.3. The van der Waals surface area contributed by atoms with Gasteiger partial charge in [0.2, 0.25) is 0 Å². The lowest BCUT2D eigenvalue weighted by molar-refractivity contribution is -0.138. The highest BCUT2D eigenvalue weighted by molar-refractivity contribution is 5.94. The van der Waals surface area contributed by atoms with Crippen LogP contribution in [0.4, 0.5) is 4.39 Å². The van der Waals surface area contributed by atoms with Gasteiger partial charge in [0, 0.05) is 19.2 Å². The SMILES string of the molecule is COC1(c2cc(F)cc(C(=O)NC[C@@H](N)C(=O)O)c2)CCC1. The van der Waals surface area contributed by atoms with E-state index in [0.29, 0.717) is 5.56 Å². The van der Waals surface area contributed by atoms with Gasteiger partial charge in [0.05, 0.1) is 5.60 Å². The van der Waals surface area contributed by atoms with Crippen LogP contribution in [0, 0.1) is 5.82 Å². The fraction of sp³-hybridized carbons (Fsp3) is 0.467. The van der Waals surface area contributed by atoms with Gasteiger partial charge in [0.1, 0.15) is 11.9 Å². The summed E-state index contributed by atoms with van der Waals surface area (Å²) in [6, 6.07) is 2.84. The molecule has 4 N–H and O–H groups in total. The number of hydrogen-bond acceptors (Lipinski definition) is 4. The highest BCUT2D eigenvalue weighted by Crippen LogP contribution is 2.44. The molecule has 0 bridgehead atoms. The Morgan fingerprint density at radius 1 is 1.45 bits per heavy atom. The molecule has 1 aromatic carbocycles. The van der Waals surface area contributed by atoms with Crippen LogP contribution in [0.3, 0.4) is 0 Å². The summed E-state index contributed by atoms with van der Waals surface area (Å²) in [5.74, 6) is -2.32. The number of carboxylic acid groups (broad SMARTS) is 1. The molecule has 6 nitrogen and oxygen atoms in total. The predicted octanol–water partition coefficient (Wildman–Crippen LogP) is 0.993. The molecular formula is C15H19FN2O4. The average Bonchev–Trinajstić information content (AvgIpc) is 2.43. The Morgan fingerprint density at radius 3 is 2.64 bits per heavy atom. The third-order valence-corrected chi connectivity index (χ3v) is 4.04. The molecule has 1 fully saturated rings. The molecule has 0 aromatic heterocycles. The molecule has 1 saturated carbocycles. The number of amides is 1. The van der Waals surface area contributed by atoms with Crippen LogP contribution in [0.2, 0.25) is 0 Å². The number of benzene rings is 1. The van der Waals surface area contributed by atoms with Crippen LogP contribution in [0.25, 0.3) is 0 Å². The Labute approximate surface area is 127 Å². The minimum atomic E-state index is -1.21. The summed E-state index contributed by atoms with van der Waals surface area (Å²) in [5.41, 5.74) is 5.52. The monoisotopic (exact) mass is 310 g/mol. The van der Waals surface area contributed by atoms with Gasteiger partial charge in [0.15, 0.2) is 0 Å². The van der Waals surface area contributed by atoms with Crippen LogP contribution < -0.4 is 11.1 Å². The standard InChI is InChI=1S/C15H19FN2O4/c1-22-15(3-2-4-15)10-5-9(6-11(16)7-10)13(19)18-8-12(17)14(20)21/h5-7,12H,2-4,8,17H2,1H3,(H,18,19)(H,20,21)/t12-/m1/s1. The van der Waals surface area contributed by atoms with Gasteiger partial charge >= 0.3 is 5.97 Å². The topological polar surface area (TPSA) is 102 Å². The zero-order valence-electron chi connectivity index (χ0n) is 12.3. The summed E-state index contributed by atoms with van der Waals surface area (Å²) in [6.45, 7) is -0.227. The van der Waals surface area contributed by atoms with Crippen molar-refractivity contribution in [3.63, 3.8) is 0 Å². The number of carboxylic acids is 1. The van der Waals surface area contributed by atoms with E-state index < -0.39 is 29.3 Å². The molecular weight excluding hydrogens is 291 g/mol. The summed E-state index contributed by atoms with van der Waals surface area (Å²) in [4.78, 5) is 22.7. The number of methoxy groups -OCH3 is 1. The maximum atomic E-state index is 13.8. The Bertz CT molecular complexity index is 581. The number of ether oxygens (including phenoxy) is 1. The smallest absolute Gasteiger partial charge is 0.322 e. The molecule has 1 aliphatic carbocycles. The van der Waals surface area contributed by atoms with E-state index in [1.54, 1.807) is 13.2 Å². The van der Waals surface area contributed by atoms with Gasteiger partial charge in [-0.1, -0.05) is 0 Å². The van der Waals surface area contributed by atoms with Gasteiger partial charge < -0.3 is 20.9 Å². The van der Waals surface area contributed by atoms with E-state index in [1.165, 1.54) is 6.07 Å². The number of aliphatic carboxylic acids is 1. The van der Waals surface area contributed by atoms with Crippen molar-refractivity contribution >= 4 is 11.9 Å². The molecule has 0 spiro atoms. The molecule has 2 rings (SSSR count). The van der Waals surface area contributed by atoms with E-state index in [0.717, 1.165) is 25.3 Å². The van der Waals surface area contributed by atoms with Crippen molar-refractivity contribution in [2.75, 3.05) is 13.7 Å². The first-order chi connectivity index (χ1) is 10.4. The van der Waals surface area contributed by atoms with Crippen LogP contribution in [-0.2, 0) is 15.1 Å². The Balaban J connectivity index is 2.16. The Hall–Kier alpha value is -1.99. The van der Waals surface area contributed by atoms with Gasteiger partial charge in [-0.15, -0.1) is 0 Å².